The lowest BCUT2D eigenvalue weighted by atomic mass is 10.1. The Labute approximate surface area is 133 Å². The first-order valence-electron chi connectivity index (χ1n) is 7.33. The van der Waals surface area contributed by atoms with Gasteiger partial charge in [-0.1, -0.05) is 30.3 Å². The second-order valence-electron chi connectivity index (χ2n) is 5.49. The molecule has 0 spiro atoms. The van der Waals surface area contributed by atoms with Gasteiger partial charge in [0.2, 0.25) is 0 Å². The van der Waals surface area contributed by atoms with Crippen molar-refractivity contribution in [3.05, 3.63) is 69.3 Å². The van der Waals surface area contributed by atoms with Crippen molar-refractivity contribution >= 4 is 11.6 Å². The van der Waals surface area contributed by atoms with Gasteiger partial charge in [-0.2, -0.15) is 0 Å². The van der Waals surface area contributed by atoms with Crippen LogP contribution < -0.4 is 10.1 Å². The highest BCUT2D eigenvalue weighted by Gasteiger charge is 2.25. The number of amides is 1. The van der Waals surface area contributed by atoms with Gasteiger partial charge in [-0.25, -0.2) is 0 Å². The van der Waals surface area contributed by atoms with E-state index in [2.05, 4.69) is 5.32 Å². The van der Waals surface area contributed by atoms with E-state index in [0.29, 0.717) is 18.5 Å². The van der Waals surface area contributed by atoms with Gasteiger partial charge in [0, 0.05) is 12.0 Å². The lowest BCUT2D eigenvalue weighted by Gasteiger charge is -2.12. The van der Waals surface area contributed by atoms with E-state index < -0.39 is 10.8 Å². The van der Waals surface area contributed by atoms with Gasteiger partial charge in [0.25, 0.3) is 11.6 Å². The van der Waals surface area contributed by atoms with E-state index in [-0.39, 0.29) is 17.4 Å². The summed E-state index contributed by atoms with van der Waals surface area (Å²) in [5.74, 6) is 0.369. The van der Waals surface area contributed by atoms with Crippen LogP contribution in [0.2, 0.25) is 0 Å². The lowest BCUT2D eigenvalue weighted by Crippen LogP contribution is -2.34. The Morgan fingerprint density at radius 2 is 2.09 bits per heavy atom. The molecule has 1 aliphatic heterocycles. The zero-order chi connectivity index (χ0) is 16.4. The molecular formula is C17H16N2O4. The first kappa shape index (κ1) is 15.0. The summed E-state index contributed by atoms with van der Waals surface area (Å²) < 4.78 is 5.75. The summed E-state index contributed by atoms with van der Waals surface area (Å²) in [4.78, 5) is 22.9. The zero-order valence-electron chi connectivity index (χ0n) is 12.6. The average Bonchev–Trinajstić information content (AvgIpc) is 2.94. The quantitative estimate of drug-likeness (QED) is 0.695. The molecule has 1 atom stereocenters. The first-order valence-corrected chi connectivity index (χ1v) is 7.33. The molecule has 3 rings (SSSR count). The highest BCUT2D eigenvalue weighted by atomic mass is 16.6. The summed E-state index contributed by atoms with van der Waals surface area (Å²) in [6.07, 6.45) is 0.562. The van der Waals surface area contributed by atoms with Gasteiger partial charge in [0.05, 0.1) is 11.5 Å². The number of nitrogens with one attached hydrogen (secondary N) is 1. The van der Waals surface area contributed by atoms with Crippen molar-refractivity contribution in [2.75, 3.05) is 6.54 Å². The molecule has 1 amide bonds. The summed E-state index contributed by atoms with van der Waals surface area (Å²) in [5, 5.41) is 13.9. The van der Waals surface area contributed by atoms with Gasteiger partial charge < -0.3 is 10.1 Å². The van der Waals surface area contributed by atoms with Crippen molar-refractivity contribution in [3.63, 3.8) is 0 Å². The van der Waals surface area contributed by atoms with Crippen LogP contribution in [0.1, 0.15) is 21.5 Å². The van der Waals surface area contributed by atoms with Crippen molar-refractivity contribution in [2.24, 2.45) is 0 Å². The fourth-order valence-corrected chi connectivity index (χ4v) is 2.75. The molecule has 23 heavy (non-hydrogen) atoms. The highest BCUT2D eigenvalue weighted by molar-refractivity contribution is 5.98. The number of nitro groups is 1. The minimum absolute atomic E-state index is 0.0745. The fourth-order valence-electron chi connectivity index (χ4n) is 2.75. The monoisotopic (exact) mass is 312 g/mol. The van der Waals surface area contributed by atoms with Gasteiger partial charge in [-0.3, -0.25) is 14.9 Å². The van der Waals surface area contributed by atoms with Crippen molar-refractivity contribution in [1.29, 1.82) is 0 Å². The van der Waals surface area contributed by atoms with Crippen LogP contribution in [-0.2, 0) is 6.42 Å². The number of nitrogens with zero attached hydrogens (tertiary/aromatic N) is 1. The second kappa shape index (κ2) is 6.08. The summed E-state index contributed by atoms with van der Waals surface area (Å²) in [6.45, 7) is 1.92. The zero-order valence-corrected chi connectivity index (χ0v) is 12.6. The maximum Gasteiger partial charge on any atom is 0.285 e. The molecule has 1 aliphatic rings. The van der Waals surface area contributed by atoms with Gasteiger partial charge >= 0.3 is 0 Å². The van der Waals surface area contributed by atoms with Gasteiger partial charge in [-0.15, -0.1) is 0 Å². The van der Waals surface area contributed by atoms with E-state index in [1.807, 2.05) is 24.3 Å². The molecule has 118 valence electrons. The second-order valence-corrected chi connectivity index (χ2v) is 5.49. The summed E-state index contributed by atoms with van der Waals surface area (Å²) in [7, 11) is 0. The van der Waals surface area contributed by atoms with E-state index in [0.717, 1.165) is 11.3 Å². The van der Waals surface area contributed by atoms with Crippen LogP contribution in [0.15, 0.2) is 42.5 Å². The normalized spacial score (nSPS) is 15.6. The van der Waals surface area contributed by atoms with E-state index in [9.17, 15) is 14.9 Å². The molecule has 6 heteroatoms. The topological polar surface area (TPSA) is 81.5 Å². The Hall–Kier alpha value is -2.89. The molecule has 1 heterocycles. The predicted molar refractivity (Wildman–Crippen MR) is 84.7 cm³/mol. The van der Waals surface area contributed by atoms with Crippen molar-refractivity contribution < 1.29 is 14.5 Å². The van der Waals surface area contributed by atoms with Crippen LogP contribution in [0.25, 0.3) is 0 Å². The number of nitro benzene ring substituents is 1. The van der Waals surface area contributed by atoms with Gasteiger partial charge in [0.1, 0.15) is 17.4 Å². The number of rotatable bonds is 4. The molecule has 0 unspecified atom stereocenters. The van der Waals surface area contributed by atoms with E-state index in [1.165, 1.54) is 6.07 Å². The number of carbonyl (C=O) groups excluding carboxylic acids is 1. The molecule has 2 aromatic carbocycles. The van der Waals surface area contributed by atoms with E-state index in [4.69, 9.17) is 4.74 Å². The number of ether oxygens (including phenoxy) is 1. The van der Waals surface area contributed by atoms with E-state index >= 15 is 0 Å². The van der Waals surface area contributed by atoms with Gasteiger partial charge in [0.15, 0.2) is 0 Å². The number of hydrogen-bond acceptors (Lipinski definition) is 4. The SMILES string of the molecule is Cc1cccc(C(=O)NC[C@H]2Cc3ccccc3O2)c1[N+](=O)[O-]. The Morgan fingerprint density at radius 1 is 1.30 bits per heavy atom. The number of benzene rings is 2. The van der Waals surface area contributed by atoms with Crippen molar-refractivity contribution in [3.8, 4) is 5.75 Å². The minimum atomic E-state index is -0.522. The minimum Gasteiger partial charge on any atom is -0.488 e. The highest BCUT2D eigenvalue weighted by Crippen LogP contribution is 2.28. The van der Waals surface area contributed by atoms with Crippen LogP contribution in [0, 0.1) is 17.0 Å². The lowest BCUT2D eigenvalue weighted by molar-refractivity contribution is -0.385. The van der Waals surface area contributed by atoms with E-state index in [1.54, 1.807) is 19.1 Å². The van der Waals surface area contributed by atoms with Crippen molar-refractivity contribution in [2.45, 2.75) is 19.4 Å². The Bertz CT molecular complexity index is 748. The summed E-state index contributed by atoms with van der Waals surface area (Å²) in [6, 6.07) is 12.4. The Morgan fingerprint density at radius 3 is 2.83 bits per heavy atom. The maximum atomic E-state index is 12.3. The molecule has 1 N–H and O–H groups in total. The van der Waals surface area contributed by atoms with Crippen LogP contribution in [0.3, 0.4) is 0 Å². The van der Waals surface area contributed by atoms with Gasteiger partial charge in [-0.05, 0) is 24.6 Å². The molecule has 0 radical (unpaired) electrons. The van der Waals surface area contributed by atoms with Crippen LogP contribution in [-0.4, -0.2) is 23.5 Å². The van der Waals surface area contributed by atoms with Crippen LogP contribution in [0.4, 0.5) is 5.69 Å². The third-order valence-electron chi connectivity index (χ3n) is 3.87. The molecule has 0 fully saturated rings. The summed E-state index contributed by atoms with van der Waals surface area (Å²) >= 11 is 0. The molecular weight excluding hydrogens is 296 g/mol. The molecule has 0 aliphatic carbocycles. The third kappa shape index (κ3) is 3.01. The number of fused-ring (bicyclic) bond motifs is 1. The summed E-state index contributed by atoms with van der Waals surface area (Å²) in [5.41, 5.74) is 1.49. The molecule has 6 nitrogen and oxygen atoms in total. The number of hydrogen-bond donors (Lipinski definition) is 1. The van der Waals surface area contributed by atoms with Crippen molar-refractivity contribution in [1.82, 2.24) is 5.32 Å². The third-order valence-corrected chi connectivity index (χ3v) is 3.87. The molecule has 0 aromatic heterocycles. The standard InChI is InChI=1S/C17H16N2O4/c1-11-5-4-7-14(16(11)19(21)22)17(20)18-10-13-9-12-6-2-3-8-15(12)23-13/h2-8,13H,9-10H2,1H3,(H,18,20)/t13-/m1/s1. The first-order chi connectivity index (χ1) is 11.1. The molecule has 0 saturated heterocycles. The van der Waals surface area contributed by atoms with Crippen LogP contribution >= 0.6 is 0 Å². The fraction of sp³-hybridized carbons (Fsp3) is 0.235. The largest absolute Gasteiger partial charge is 0.488 e. The Kier molecular flexibility index (Phi) is 3.97. The average molecular weight is 312 g/mol. The number of aryl methyl sites for hydroxylation is 1. The predicted octanol–water partition coefficient (Wildman–Crippen LogP) is 2.64. The molecule has 0 saturated carbocycles. The Balaban J connectivity index is 1.68. The molecule has 2 aromatic rings. The maximum absolute atomic E-state index is 12.3. The number of para-hydroxylation sites is 2. The molecule has 0 bridgehead atoms. The van der Waals surface area contributed by atoms with Crippen LogP contribution in [0.5, 0.6) is 5.75 Å². The smallest absolute Gasteiger partial charge is 0.285 e. The number of carbonyl (C=O) groups is 1.